The first-order valence-electron chi connectivity index (χ1n) is 7.42. The number of aliphatic hydroxyl groups excluding tert-OH is 1. The van der Waals surface area contributed by atoms with Crippen LogP contribution in [0.25, 0.3) is 0 Å². The summed E-state index contributed by atoms with van der Waals surface area (Å²) >= 11 is 0. The van der Waals surface area contributed by atoms with Crippen LogP contribution in [0.2, 0.25) is 0 Å². The SMILES string of the molecule is CC(C)[C@@H](CO)NC1CCC(C)(C)c2ccccc21. The topological polar surface area (TPSA) is 32.3 Å². The van der Waals surface area contributed by atoms with Gasteiger partial charge in [0.2, 0.25) is 0 Å². The summed E-state index contributed by atoms with van der Waals surface area (Å²) in [6, 6.07) is 9.31. The summed E-state index contributed by atoms with van der Waals surface area (Å²) in [5.74, 6) is 0.451. The molecule has 0 fully saturated rings. The molecule has 1 aliphatic carbocycles. The van der Waals surface area contributed by atoms with E-state index in [0.29, 0.717) is 12.0 Å². The largest absolute Gasteiger partial charge is 0.395 e. The Kier molecular flexibility index (Phi) is 4.32. The second-order valence-electron chi connectivity index (χ2n) is 6.76. The first-order chi connectivity index (χ1) is 8.95. The standard InChI is InChI=1S/C17H27NO/c1-12(2)16(11-19)18-15-9-10-17(3,4)14-8-6-5-7-13(14)15/h5-8,12,15-16,18-19H,9-11H2,1-4H3/t15?,16-/m1/s1. The highest BCUT2D eigenvalue weighted by Crippen LogP contribution is 2.41. The molecule has 2 rings (SSSR count). The number of hydrogen-bond acceptors (Lipinski definition) is 2. The van der Waals surface area contributed by atoms with Crippen LogP contribution in [0.4, 0.5) is 0 Å². The minimum atomic E-state index is 0.180. The van der Waals surface area contributed by atoms with Crippen LogP contribution in [0, 0.1) is 5.92 Å². The van der Waals surface area contributed by atoms with E-state index in [9.17, 15) is 5.11 Å². The number of rotatable bonds is 4. The van der Waals surface area contributed by atoms with Crippen molar-refractivity contribution in [1.82, 2.24) is 5.32 Å². The van der Waals surface area contributed by atoms with Gasteiger partial charge in [0.25, 0.3) is 0 Å². The Morgan fingerprint density at radius 3 is 2.63 bits per heavy atom. The van der Waals surface area contributed by atoms with Gasteiger partial charge >= 0.3 is 0 Å². The molecule has 1 aromatic carbocycles. The molecule has 1 aliphatic rings. The average molecular weight is 261 g/mol. The molecule has 0 aromatic heterocycles. The van der Waals surface area contributed by atoms with E-state index in [4.69, 9.17) is 0 Å². The number of benzene rings is 1. The van der Waals surface area contributed by atoms with Gasteiger partial charge in [-0.05, 0) is 35.3 Å². The van der Waals surface area contributed by atoms with Gasteiger partial charge in [-0.15, -0.1) is 0 Å². The molecule has 2 nitrogen and oxygen atoms in total. The third-order valence-corrected chi connectivity index (χ3v) is 4.54. The summed E-state index contributed by atoms with van der Waals surface area (Å²) in [6.45, 7) is 9.18. The molecule has 1 aromatic rings. The third kappa shape index (κ3) is 3.01. The summed E-state index contributed by atoms with van der Waals surface area (Å²) in [7, 11) is 0. The smallest absolute Gasteiger partial charge is 0.0587 e. The highest BCUT2D eigenvalue weighted by atomic mass is 16.3. The maximum atomic E-state index is 9.52. The van der Waals surface area contributed by atoms with Gasteiger partial charge in [0.05, 0.1) is 6.61 Å². The quantitative estimate of drug-likeness (QED) is 0.870. The van der Waals surface area contributed by atoms with Gasteiger partial charge in [0.15, 0.2) is 0 Å². The molecule has 106 valence electrons. The van der Waals surface area contributed by atoms with Crippen LogP contribution in [0.3, 0.4) is 0 Å². The average Bonchev–Trinajstić information content (AvgIpc) is 2.38. The predicted molar refractivity (Wildman–Crippen MR) is 80.3 cm³/mol. The fourth-order valence-corrected chi connectivity index (χ4v) is 3.10. The number of aliphatic hydroxyl groups is 1. The lowest BCUT2D eigenvalue weighted by atomic mass is 9.71. The van der Waals surface area contributed by atoms with Crippen LogP contribution >= 0.6 is 0 Å². The van der Waals surface area contributed by atoms with E-state index in [1.807, 2.05) is 0 Å². The monoisotopic (exact) mass is 261 g/mol. The summed E-state index contributed by atoms with van der Waals surface area (Å²) in [5.41, 5.74) is 3.14. The van der Waals surface area contributed by atoms with Crippen molar-refractivity contribution in [2.45, 2.75) is 58.0 Å². The van der Waals surface area contributed by atoms with Crippen molar-refractivity contribution in [2.24, 2.45) is 5.92 Å². The van der Waals surface area contributed by atoms with Gasteiger partial charge in [0, 0.05) is 12.1 Å². The maximum absolute atomic E-state index is 9.52. The zero-order chi connectivity index (χ0) is 14.0. The number of fused-ring (bicyclic) bond motifs is 1. The maximum Gasteiger partial charge on any atom is 0.0587 e. The van der Waals surface area contributed by atoms with E-state index >= 15 is 0 Å². The van der Waals surface area contributed by atoms with E-state index in [1.165, 1.54) is 17.5 Å². The molecule has 2 N–H and O–H groups in total. The summed E-state index contributed by atoms with van der Waals surface area (Å²) < 4.78 is 0. The number of nitrogens with one attached hydrogen (secondary N) is 1. The molecule has 0 heterocycles. The van der Waals surface area contributed by atoms with Crippen molar-refractivity contribution in [3.8, 4) is 0 Å². The first-order valence-corrected chi connectivity index (χ1v) is 7.42. The molecule has 0 aliphatic heterocycles. The Morgan fingerprint density at radius 2 is 2.00 bits per heavy atom. The molecule has 0 saturated carbocycles. The van der Waals surface area contributed by atoms with Crippen molar-refractivity contribution in [1.29, 1.82) is 0 Å². The van der Waals surface area contributed by atoms with E-state index < -0.39 is 0 Å². The predicted octanol–water partition coefficient (Wildman–Crippen LogP) is 3.41. The normalized spacial score (nSPS) is 23.2. The second kappa shape index (κ2) is 5.64. The minimum Gasteiger partial charge on any atom is -0.395 e. The van der Waals surface area contributed by atoms with Crippen LogP contribution in [-0.4, -0.2) is 17.8 Å². The Balaban J connectivity index is 2.25. The van der Waals surface area contributed by atoms with E-state index in [-0.39, 0.29) is 18.1 Å². The van der Waals surface area contributed by atoms with Crippen LogP contribution in [0.15, 0.2) is 24.3 Å². The Morgan fingerprint density at radius 1 is 1.32 bits per heavy atom. The molecule has 1 unspecified atom stereocenters. The van der Waals surface area contributed by atoms with Crippen molar-refractivity contribution in [3.63, 3.8) is 0 Å². The molecule has 2 atom stereocenters. The third-order valence-electron chi connectivity index (χ3n) is 4.54. The molecule has 0 spiro atoms. The van der Waals surface area contributed by atoms with Crippen LogP contribution in [0.1, 0.15) is 57.7 Å². The lowest BCUT2D eigenvalue weighted by Crippen LogP contribution is -2.42. The first kappa shape index (κ1) is 14.5. The molecule has 2 heteroatoms. The lowest BCUT2D eigenvalue weighted by Gasteiger charge is -2.39. The zero-order valence-electron chi connectivity index (χ0n) is 12.6. The highest BCUT2D eigenvalue weighted by Gasteiger charge is 2.33. The van der Waals surface area contributed by atoms with Crippen molar-refractivity contribution in [3.05, 3.63) is 35.4 Å². The second-order valence-corrected chi connectivity index (χ2v) is 6.76. The Hall–Kier alpha value is -0.860. The molecular formula is C17H27NO. The van der Waals surface area contributed by atoms with Crippen LogP contribution in [0.5, 0.6) is 0 Å². The fourth-order valence-electron chi connectivity index (χ4n) is 3.10. The van der Waals surface area contributed by atoms with Gasteiger partial charge in [-0.1, -0.05) is 52.0 Å². The summed E-state index contributed by atoms with van der Waals surface area (Å²) in [6.07, 6.45) is 2.34. The number of hydrogen-bond donors (Lipinski definition) is 2. The lowest BCUT2D eigenvalue weighted by molar-refractivity contribution is 0.190. The molecule has 0 bridgehead atoms. The molecular weight excluding hydrogens is 234 g/mol. The van der Waals surface area contributed by atoms with Gasteiger partial charge in [-0.2, -0.15) is 0 Å². The fraction of sp³-hybridized carbons (Fsp3) is 0.647. The van der Waals surface area contributed by atoms with E-state index in [0.717, 1.165) is 6.42 Å². The molecule has 0 saturated heterocycles. The van der Waals surface area contributed by atoms with Gasteiger partial charge in [0.1, 0.15) is 0 Å². The van der Waals surface area contributed by atoms with Gasteiger partial charge in [-0.3, -0.25) is 0 Å². The Labute approximate surface area is 117 Å². The van der Waals surface area contributed by atoms with Gasteiger partial charge in [-0.25, -0.2) is 0 Å². The van der Waals surface area contributed by atoms with Crippen molar-refractivity contribution in [2.75, 3.05) is 6.61 Å². The highest BCUT2D eigenvalue weighted by molar-refractivity contribution is 5.38. The van der Waals surface area contributed by atoms with Crippen molar-refractivity contribution < 1.29 is 5.11 Å². The Bertz CT molecular complexity index is 425. The summed E-state index contributed by atoms with van der Waals surface area (Å²) in [4.78, 5) is 0. The van der Waals surface area contributed by atoms with Crippen LogP contribution in [-0.2, 0) is 5.41 Å². The molecule has 0 amide bonds. The van der Waals surface area contributed by atoms with E-state index in [2.05, 4.69) is 57.3 Å². The molecule has 19 heavy (non-hydrogen) atoms. The van der Waals surface area contributed by atoms with Crippen LogP contribution < -0.4 is 5.32 Å². The zero-order valence-corrected chi connectivity index (χ0v) is 12.6. The van der Waals surface area contributed by atoms with Crippen molar-refractivity contribution >= 4 is 0 Å². The molecule has 0 radical (unpaired) electrons. The van der Waals surface area contributed by atoms with Gasteiger partial charge < -0.3 is 10.4 Å². The summed E-state index contributed by atoms with van der Waals surface area (Å²) in [5, 5.41) is 13.2. The van der Waals surface area contributed by atoms with E-state index in [1.54, 1.807) is 0 Å². The minimum absolute atomic E-state index is 0.180.